The maximum atomic E-state index is 12.3. The van der Waals surface area contributed by atoms with Gasteiger partial charge in [-0.2, -0.15) is 0 Å². The Kier molecular flexibility index (Phi) is 6.32. The number of hydrogen-bond acceptors (Lipinski definition) is 5. The Balaban J connectivity index is 1.95. The van der Waals surface area contributed by atoms with Crippen LogP contribution in [0.2, 0.25) is 4.34 Å². The van der Waals surface area contributed by atoms with Crippen LogP contribution >= 0.6 is 34.3 Å². The van der Waals surface area contributed by atoms with Crippen molar-refractivity contribution in [2.24, 2.45) is 0 Å². The van der Waals surface area contributed by atoms with E-state index in [9.17, 15) is 9.59 Å². The summed E-state index contributed by atoms with van der Waals surface area (Å²) < 4.78 is 0.648. The standard InChI is InChI=1S/C15H16ClN3O2S2/c1-3-6-19(8-11-4-5-12(16)23-11)15(21)14(20)17-7-13-18-10(2)9-22-13/h3-5,9H,1,6-8H2,2H3,(H,17,20). The number of hydrogen-bond donors (Lipinski definition) is 1. The molecule has 0 aliphatic heterocycles. The number of thiazole rings is 1. The van der Waals surface area contributed by atoms with Gasteiger partial charge in [-0.3, -0.25) is 9.59 Å². The number of nitrogens with zero attached hydrogens (tertiary/aromatic N) is 2. The van der Waals surface area contributed by atoms with Crippen molar-refractivity contribution in [3.05, 3.63) is 50.1 Å². The van der Waals surface area contributed by atoms with Crippen LogP contribution < -0.4 is 5.32 Å². The van der Waals surface area contributed by atoms with Crippen LogP contribution in [0.5, 0.6) is 0 Å². The number of aryl methyl sites for hydroxylation is 1. The van der Waals surface area contributed by atoms with Crippen LogP contribution in [0.25, 0.3) is 0 Å². The van der Waals surface area contributed by atoms with Gasteiger partial charge in [0.1, 0.15) is 5.01 Å². The molecule has 2 aromatic rings. The Labute approximate surface area is 147 Å². The topological polar surface area (TPSA) is 62.3 Å². The number of nitrogens with one attached hydrogen (secondary N) is 1. The fourth-order valence-corrected chi connectivity index (χ4v) is 3.67. The highest BCUT2D eigenvalue weighted by Crippen LogP contribution is 2.22. The highest BCUT2D eigenvalue weighted by atomic mass is 35.5. The van der Waals surface area contributed by atoms with Gasteiger partial charge in [-0.15, -0.1) is 29.3 Å². The van der Waals surface area contributed by atoms with Gasteiger partial charge >= 0.3 is 11.8 Å². The van der Waals surface area contributed by atoms with E-state index in [4.69, 9.17) is 11.6 Å². The second-order valence-electron chi connectivity index (χ2n) is 4.75. The quantitative estimate of drug-likeness (QED) is 0.629. The predicted molar refractivity (Wildman–Crippen MR) is 93.6 cm³/mol. The minimum absolute atomic E-state index is 0.246. The maximum absolute atomic E-state index is 12.3. The summed E-state index contributed by atoms with van der Waals surface area (Å²) in [6.45, 7) is 6.37. The molecular formula is C15H16ClN3O2S2. The third-order valence-electron chi connectivity index (χ3n) is 2.87. The molecule has 122 valence electrons. The number of thiophene rings is 1. The molecular weight excluding hydrogens is 354 g/mol. The molecule has 0 saturated carbocycles. The van der Waals surface area contributed by atoms with Crippen molar-refractivity contribution < 1.29 is 9.59 Å². The predicted octanol–water partition coefficient (Wildman–Crippen LogP) is 3.00. The highest BCUT2D eigenvalue weighted by molar-refractivity contribution is 7.16. The number of carbonyl (C=O) groups is 2. The number of aromatic nitrogens is 1. The van der Waals surface area contributed by atoms with Gasteiger partial charge < -0.3 is 10.2 Å². The van der Waals surface area contributed by atoms with Crippen LogP contribution in [0.3, 0.4) is 0 Å². The lowest BCUT2D eigenvalue weighted by atomic mass is 10.3. The third kappa shape index (κ3) is 5.16. The molecule has 0 saturated heterocycles. The first kappa shape index (κ1) is 17.7. The molecule has 2 heterocycles. The van der Waals surface area contributed by atoms with Gasteiger partial charge in [0.2, 0.25) is 0 Å². The number of carbonyl (C=O) groups excluding carboxylic acids is 2. The summed E-state index contributed by atoms with van der Waals surface area (Å²) in [6, 6.07) is 3.61. The highest BCUT2D eigenvalue weighted by Gasteiger charge is 2.21. The average molecular weight is 370 g/mol. The number of halogens is 1. The molecule has 0 aliphatic rings. The molecule has 0 atom stereocenters. The minimum Gasteiger partial charge on any atom is -0.341 e. The molecule has 2 amide bonds. The van der Waals surface area contributed by atoms with Gasteiger partial charge in [-0.25, -0.2) is 4.98 Å². The van der Waals surface area contributed by atoms with E-state index < -0.39 is 11.8 Å². The zero-order chi connectivity index (χ0) is 16.8. The van der Waals surface area contributed by atoms with E-state index in [1.807, 2.05) is 18.4 Å². The fourth-order valence-electron chi connectivity index (χ4n) is 1.86. The Hall–Kier alpha value is -1.70. The second kappa shape index (κ2) is 8.24. The van der Waals surface area contributed by atoms with Crippen molar-refractivity contribution >= 4 is 46.1 Å². The Morgan fingerprint density at radius 1 is 1.48 bits per heavy atom. The van der Waals surface area contributed by atoms with E-state index in [1.54, 1.807) is 12.1 Å². The van der Waals surface area contributed by atoms with Crippen LogP contribution in [0.1, 0.15) is 15.6 Å². The zero-order valence-electron chi connectivity index (χ0n) is 12.5. The van der Waals surface area contributed by atoms with Crippen LogP contribution in [0, 0.1) is 6.92 Å². The molecule has 0 fully saturated rings. The van der Waals surface area contributed by atoms with Crippen molar-refractivity contribution in [2.45, 2.75) is 20.0 Å². The van der Waals surface area contributed by atoms with E-state index in [2.05, 4.69) is 16.9 Å². The van der Waals surface area contributed by atoms with Crippen LogP contribution in [-0.2, 0) is 22.7 Å². The molecule has 0 unspecified atom stereocenters. The first-order valence-corrected chi connectivity index (χ1v) is 8.90. The Morgan fingerprint density at radius 3 is 2.83 bits per heavy atom. The molecule has 0 spiro atoms. The minimum atomic E-state index is -0.651. The summed E-state index contributed by atoms with van der Waals surface area (Å²) >= 11 is 8.72. The van der Waals surface area contributed by atoms with Crippen LogP contribution in [0.4, 0.5) is 0 Å². The lowest BCUT2D eigenvalue weighted by Crippen LogP contribution is -2.42. The van der Waals surface area contributed by atoms with Gasteiger partial charge in [0, 0.05) is 22.5 Å². The summed E-state index contributed by atoms with van der Waals surface area (Å²) in [6.07, 6.45) is 1.59. The van der Waals surface area contributed by atoms with E-state index in [0.717, 1.165) is 15.6 Å². The maximum Gasteiger partial charge on any atom is 0.312 e. The molecule has 2 aromatic heterocycles. The normalized spacial score (nSPS) is 10.3. The number of rotatable bonds is 6. The largest absolute Gasteiger partial charge is 0.341 e. The smallest absolute Gasteiger partial charge is 0.312 e. The molecule has 0 aliphatic carbocycles. The summed E-state index contributed by atoms with van der Waals surface area (Å²) in [4.78, 5) is 30.9. The van der Waals surface area contributed by atoms with Crippen molar-refractivity contribution in [3.63, 3.8) is 0 Å². The van der Waals surface area contributed by atoms with E-state index in [0.29, 0.717) is 10.9 Å². The molecule has 1 N–H and O–H groups in total. The van der Waals surface area contributed by atoms with Gasteiger partial charge in [-0.1, -0.05) is 17.7 Å². The van der Waals surface area contributed by atoms with Gasteiger partial charge in [0.05, 0.1) is 17.4 Å². The average Bonchev–Trinajstić information content (AvgIpc) is 3.12. The van der Waals surface area contributed by atoms with Crippen molar-refractivity contribution in [1.29, 1.82) is 0 Å². The third-order valence-corrected chi connectivity index (χ3v) is 5.06. The monoisotopic (exact) mass is 369 g/mol. The van der Waals surface area contributed by atoms with Crippen molar-refractivity contribution in [1.82, 2.24) is 15.2 Å². The first-order chi connectivity index (χ1) is 11.0. The van der Waals surface area contributed by atoms with Crippen LogP contribution in [0.15, 0.2) is 30.2 Å². The lowest BCUT2D eigenvalue weighted by Gasteiger charge is -2.19. The molecule has 5 nitrogen and oxygen atoms in total. The zero-order valence-corrected chi connectivity index (χ0v) is 14.9. The fraction of sp³-hybridized carbons (Fsp3) is 0.267. The Bertz CT molecular complexity index is 711. The van der Waals surface area contributed by atoms with Gasteiger partial charge in [0.15, 0.2) is 0 Å². The first-order valence-electron chi connectivity index (χ1n) is 6.83. The molecule has 0 bridgehead atoms. The van der Waals surface area contributed by atoms with E-state index in [-0.39, 0.29) is 13.1 Å². The van der Waals surface area contributed by atoms with Crippen LogP contribution in [-0.4, -0.2) is 28.2 Å². The van der Waals surface area contributed by atoms with Crippen molar-refractivity contribution in [2.75, 3.05) is 6.54 Å². The van der Waals surface area contributed by atoms with E-state index >= 15 is 0 Å². The SMILES string of the molecule is C=CCN(Cc1ccc(Cl)s1)C(=O)C(=O)NCc1nc(C)cs1. The molecule has 0 radical (unpaired) electrons. The number of amides is 2. The Morgan fingerprint density at radius 2 is 2.26 bits per heavy atom. The van der Waals surface area contributed by atoms with Crippen molar-refractivity contribution in [3.8, 4) is 0 Å². The summed E-state index contributed by atoms with van der Waals surface area (Å²) in [7, 11) is 0. The molecule has 8 heteroatoms. The summed E-state index contributed by atoms with van der Waals surface area (Å²) in [5.41, 5.74) is 0.897. The molecule has 2 rings (SSSR count). The van der Waals surface area contributed by atoms with Gasteiger partial charge in [0.25, 0.3) is 0 Å². The second-order valence-corrected chi connectivity index (χ2v) is 7.49. The summed E-state index contributed by atoms with van der Waals surface area (Å²) in [5, 5.41) is 5.27. The lowest BCUT2D eigenvalue weighted by molar-refractivity contribution is -0.145. The molecule has 0 aromatic carbocycles. The van der Waals surface area contributed by atoms with E-state index in [1.165, 1.54) is 27.6 Å². The van der Waals surface area contributed by atoms with Gasteiger partial charge in [-0.05, 0) is 19.1 Å². The molecule has 23 heavy (non-hydrogen) atoms. The summed E-state index contributed by atoms with van der Waals surface area (Å²) in [5.74, 6) is -1.25.